The van der Waals surface area contributed by atoms with Crippen LogP contribution in [0.2, 0.25) is 0 Å². The van der Waals surface area contributed by atoms with Crippen LogP contribution in [0.1, 0.15) is 118 Å². The largest absolute Gasteiger partial charge is 0.444 e. The first-order valence-corrected chi connectivity index (χ1v) is 23.4. The first kappa shape index (κ1) is 51.7. The summed E-state index contributed by atoms with van der Waals surface area (Å²) in [5.41, 5.74) is 20.8. The third-order valence-corrected chi connectivity index (χ3v) is 11.7. The van der Waals surface area contributed by atoms with Crippen molar-refractivity contribution in [1.82, 2.24) is 19.8 Å². The molecular weight excluding hydrogens is 841 g/mol. The number of ether oxygens (including phenoxy) is 2. The molecule has 2 aliphatic heterocycles. The molecule has 0 unspecified atom stereocenters. The summed E-state index contributed by atoms with van der Waals surface area (Å²) >= 11 is 0. The van der Waals surface area contributed by atoms with E-state index in [1.807, 2.05) is 89.8 Å². The van der Waals surface area contributed by atoms with Crippen molar-refractivity contribution >= 4 is 52.3 Å². The van der Waals surface area contributed by atoms with Crippen molar-refractivity contribution in [3.63, 3.8) is 0 Å². The minimum Gasteiger partial charge on any atom is -0.444 e. The summed E-state index contributed by atoms with van der Waals surface area (Å²) in [7, 11) is 0. The zero-order valence-corrected chi connectivity index (χ0v) is 42.5. The summed E-state index contributed by atoms with van der Waals surface area (Å²) in [5.74, 6) is 0.873. The number of carbonyl (C=O) groups excluding carboxylic acids is 3. The SMILES string of the molecule is CC(C)(C)c1ccc(C=O)cc1.C[C@H]1CN(c2cccc(N)c2N)CCN1C(=O)OC(C)(C)C.C[C@H]1CN(c2cccc3[nH]c(-c4ccc(C(C)(C)C)cc4)nc23)CCN1C(=O)OC(C)(C)C. The molecule has 0 saturated carbocycles. The lowest BCUT2D eigenvalue weighted by Crippen LogP contribution is -2.55. The number of aldehydes is 1. The predicted octanol–water partition coefficient (Wildman–Crippen LogP) is 11.1. The molecule has 3 heterocycles. The summed E-state index contributed by atoms with van der Waals surface area (Å²) < 4.78 is 11.0. The lowest BCUT2D eigenvalue weighted by molar-refractivity contribution is 0.0148. The second-order valence-corrected chi connectivity index (χ2v) is 21.8. The molecule has 5 aromatic rings. The number of aromatic amines is 1. The van der Waals surface area contributed by atoms with Crippen LogP contribution in [0.15, 0.2) is 84.9 Å². The third-order valence-electron chi connectivity index (χ3n) is 11.7. The standard InChI is InChI=1S/C27H36N4O2.C16H26N4O2.C11H14O/c1-18-17-30(15-16-31(18)25(32)33-27(5,6)7)22-10-8-9-21-23(22)29-24(28-21)19-11-13-20(14-12-19)26(2,3)4;1-11-10-19(13-7-5-6-12(17)14(13)18)8-9-20(11)15(21)22-16(2,3)4;1-11(2,3)10-6-4-9(8-12)5-7-10/h8-14,18H,15-17H2,1-7H3,(H,28,29);5-7,11H,8-10,17-18H2,1-4H3;4-8H,1-3H3/t18-;11-;/m00./s1. The normalized spacial score (nSPS) is 16.9. The first-order chi connectivity index (χ1) is 31.1. The number of piperazine rings is 2. The van der Waals surface area contributed by atoms with Gasteiger partial charge in [0.1, 0.15) is 28.8 Å². The molecule has 0 spiro atoms. The molecule has 67 heavy (non-hydrogen) atoms. The molecular formula is C54H76N8O5. The first-order valence-electron chi connectivity index (χ1n) is 23.4. The van der Waals surface area contributed by atoms with Crippen LogP contribution in [-0.2, 0) is 20.3 Å². The Bertz CT molecular complexity index is 2450. The lowest BCUT2D eigenvalue weighted by Gasteiger charge is -2.41. The van der Waals surface area contributed by atoms with Crippen LogP contribution in [0.3, 0.4) is 0 Å². The predicted molar refractivity (Wildman–Crippen MR) is 275 cm³/mol. The molecule has 2 fully saturated rings. The number of nitrogens with two attached hydrogens (primary N) is 2. The van der Waals surface area contributed by atoms with Crippen molar-refractivity contribution in [2.24, 2.45) is 0 Å². The minimum absolute atomic E-state index is 0.0458. The van der Waals surface area contributed by atoms with E-state index in [-0.39, 0.29) is 35.1 Å². The van der Waals surface area contributed by atoms with Crippen LogP contribution >= 0.6 is 0 Å². The van der Waals surface area contributed by atoms with Crippen LogP contribution in [0.4, 0.5) is 32.3 Å². The van der Waals surface area contributed by atoms with E-state index in [1.54, 1.807) is 11.0 Å². The topological polar surface area (TPSA) is 163 Å². The molecule has 2 aliphatic rings. The zero-order valence-electron chi connectivity index (χ0n) is 42.5. The van der Waals surface area contributed by atoms with E-state index in [0.29, 0.717) is 37.6 Å². The van der Waals surface area contributed by atoms with Crippen molar-refractivity contribution < 1.29 is 23.9 Å². The number of H-pyrrole nitrogens is 1. The number of hydrogen-bond donors (Lipinski definition) is 3. The number of nitrogen functional groups attached to an aromatic ring is 2. The maximum Gasteiger partial charge on any atom is 0.410 e. The molecule has 2 atom stereocenters. The molecule has 362 valence electrons. The Labute approximate surface area is 399 Å². The number of rotatable bonds is 4. The fourth-order valence-electron chi connectivity index (χ4n) is 7.98. The molecule has 7 rings (SSSR count). The van der Waals surface area contributed by atoms with Crippen LogP contribution in [-0.4, -0.2) is 101 Å². The van der Waals surface area contributed by atoms with Gasteiger partial charge in [0.15, 0.2) is 0 Å². The highest BCUT2D eigenvalue weighted by atomic mass is 16.6. The van der Waals surface area contributed by atoms with Gasteiger partial charge >= 0.3 is 12.2 Å². The second kappa shape index (κ2) is 20.7. The van der Waals surface area contributed by atoms with Crippen molar-refractivity contribution in [2.45, 2.75) is 131 Å². The van der Waals surface area contributed by atoms with Crippen molar-refractivity contribution in [3.8, 4) is 11.4 Å². The third kappa shape index (κ3) is 13.9. The number of nitrogens with zero attached hydrogens (tertiary/aromatic N) is 5. The van der Waals surface area contributed by atoms with E-state index in [2.05, 4.69) is 106 Å². The van der Waals surface area contributed by atoms with Crippen LogP contribution in [0.5, 0.6) is 0 Å². The number of carbonyl (C=O) groups is 3. The molecule has 0 radical (unpaired) electrons. The number of imidazole rings is 1. The smallest absolute Gasteiger partial charge is 0.410 e. The summed E-state index contributed by atoms with van der Waals surface area (Å²) in [4.78, 5) is 51.7. The highest BCUT2D eigenvalue weighted by Gasteiger charge is 2.33. The van der Waals surface area contributed by atoms with Gasteiger partial charge in [-0.25, -0.2) is 14.6 Å². The van der Waals surface area contributed by atoms with E-state index < -0.39 is 11.2 Å². The molecule has 0 bridgehead atoms. The average Bonchev–Trinajstić information content (AvgIpc) is 3.68. The summed E-state index contributed by atoms with van der Waals surface area (Å²) in [6.07, 6.45) is 0.362. The van der Waals surface area contributed by atoms with Crippen LogP contribution in [0, 0.1) is 0 Å². The summed E-state index contributed by atoms with van der Waals surface area (Å²) in [6.45, 7) is 32.7. The highest BCUT2D eigenvalue weighted by Crippen LogP contribution is 2.33. The average molecular weight is 917 g/mol. The van der Waals surface area contributed by atoms with Gasteiger partial charge < -0.3 is 45.5 Å². The van der Waals surface area contributed by atoms with Crippen molar-refractivity contribution in [2.75, 3.05) is 60.5 Å². The van der Waals surface area contributed by atoms with E-state index in [1.165, 1.54) is 11.1 Å². The lowest BCUT2D eigenvalue weighted by atomic mass is 9.87. The minimum atomic E-state index is -0.490. The fourth-order valence-corrected chi connectivity index (χ4v) is 7.98. The number of anilines is 4. The van der Waals surface area contributed by atoms with E-state index in [9.17, 15) is 14.4 Å². The Balaban J connectivity index is 0.000000212. The molecule has 13 heteroatoms. The van der Waals surface area contributed by atoms with Crippen molar-refractivity contribution in [1.29, 1.82) is 0 Å². The Hall–Kier alpha value is -6.24. The fraction of sp³-hybridized carbons (Fsp3) is 0.481. The van der Waals surface area contributed by atoms with Gasteiger partial charge in [0.2, 0.25) is 0 Å². The molecule has 2 saturated heterocycles. The van der Waals surface area contributed by atoms with Gasteiger partial charge in [-0.3, -0.25) is 4.79 Å². The Morgan fingerprint density at radius 2 is 1.07 bits per heavy atom. The van der Waals surface area contributed by atoms with Gasteiger partial charge in [-0.05, 0) is 102 Å². The Kier molecular flexibility index (Phi) is 16.0. The second-order valence-electron chi connectivity index (χ2n) is 21.8. The van der Waals surface area contributed by atoms with Gasteiger partial charge in [-0.1, -0.05) is 102 Å². The Morgan fingerprint density at radius 3 is 1.52 bits per heavy atom. The summed E-state index contributed by atoms with van der Waals surface area (Å²) in [5, 5.41) is 0. The summed E-state index contributed by atoms with van der Waals surface area (Å²) in [6, 6.07) is 28.3. The van der Waals surface area contributed by atoms with E-state index >= 15 is 0 Å². The number of nitrogens with one attached hydrogen (secondary N) is 1. The van der Waals surface area contributed by atoms with E-state index in [4.69, 9.17) is 25.9 Å². The number of hydrogen-bond acceptors (Lipinski definition) is 10. The molecule has 1 aromatic heterocycles. The highest BCUT2D eigenvalue weighted by molar-refractivity contribution is 5.91. The van der Waals surface area contributed by atoms with Crippen LogP contribution in [0.25, 0.3) is 22.4 Å². The number of benzene rings is 4. The van der Waals surface area contributed by atoms with Gasteiger partial charge in [0, 0.05) is 62.5 Å². The van der Waals surface area contributed by atoms with Crippen molar-refractivity contribution in [3.05, 3.63) is 102 Å². The quantitative estimate of drug-likeness (QED) is 0.117. The molecule has 0 aliphatic carbocycles. The van der Waals surface area contributed by atoms with Gasteiger partial charge in [-0.15, -0.1) is 0 Å². The van der Waals surface area contributed by atoms with Gasteiger partial charge in [0.25, 0.3) is 0 Å². The monoisotopic (exact) mass is 917 g/mol. The number of fused-ring (bicyclic) bond motifs is 1. The van der Waals surface area contributed by atoms with Gasteiger partial charge in [-0.2, -0.15) is 0 Å². The molecule has 2 amide bonds. The maximum absolute atomic E-state index is 12.6. The molecule has 5 N–H and O–H groups in total. The number of aromatic nitrogens is 2. The molecule has 13 nitrogen and oxygen atoms in total. The zero-order chi connectivity index (χ0) is 49.6. The number of para-hydroxylation sites is 2. The van der Waals surface area contributed by atoms with E-state index in [0.717, 1.165) is 58.7 Å². The Morgan fingerprint density at radius 1 is 0.627 bits per heavy atom. The van der Waals surface area contributed by atoms with Gasteiger partial charge in [0.05, 0.1) is 28.3 Å². The van der Waals surface area contributed by atoms with Crippen LogP contribution < -0.4 is 21.3 Å². The molecule has 4 aromatic carbocycles. The number of amides is 2. The maximum atomic E-state index is 12.6.